The first-order valence-electron chi connectivity index (χ1n) is 6.91. The van der Waals surface area contributed by atoms with Crippen molar-refractivity contribution < 1.29 is 9.90 Å². The van der Waals surface area contributed by atoms with Crippen molar-refractivity contribution in [3.05, 3.63) is 0 Å². The molecule has 2 aliphatic carbocycles. The second-order valence-electron chi connectivity index (χ2n) is 5.52. The number of Topliss-reactive ketones (excluding diaryl/α,β-unsaturated/α-hetero) is 1. The van der Waals surface area contributed by atoms with Crippen LogP contribution in [0.3, 0.4) is 0 Å². The zero-order valence-electron chi connectivity index (χ0n) is 10.7. The zero-order valence-corrected chi connectivity index (χ0v) is 10.7. The minimum absolute atomic E-state index is 0.0389. The Labute approximate surface area is 104 Å². The molecule has 17 heavy (non-hydrogen) atoms. The fraction of sp³-hybridized carbons (Fsp3) is 0.800. The van der Waals surface area contributed by atoms with E-state index in [0.717, 1.165) is 38.5 Å². The van der Waals surface area contributed by atoms with E-state index >= 15 is 0 Å². The number of aliphatic hydroxyl groups excluding tert-OH is 1. The first kappa shape index (κ1) is 12.6. The van der Waals surface area contributed by atoms with E-state index in [0.29, 0.717) is 12.2 Å². The van der Waals surface area contributed by atoms with Crippen LogP contribution in [0, 0.1) is 23.2 Å². The normalized spacial score (nSPS) is 32.4. The number of carbonyl (C=O) groups is 1. The molecule has 0 bridgehead atoms. The van der Waals surface area contributed by atoms with Crippen molar-refractivity contribution in [1.29, 1.82) is 0 Å². The molecule has 94 valence electrons. The third-order valence-corrected chi connectivity index (χ3v) is 4.23. The van der Waals surface area contributed by atoms with E-state index in [4.69, 9.17) is 0 Å². The van der Waals surface area contributed by atoms with Gasteiger partial charge in [0.1, 0.15) is 11.9 Å². The predicted octanol–water partition coefficient (Wildman–Crippen LogP) is 2.69. The molecule has 0 aromatic rings. The molecule has 0 spiro atoms. The number of aliphatic hydroxyl groups is 1. The monoisotopic (exact) mass is 234 g/mol. The van der Waals surface area contributed by atoms with Crippen molar-refractivity contribution in [2.75, 3.05) is 0 Å². The number of rotatable bonds is 4. The van der Waals surface area contributed by atoms with Crippen LogP contribution in [0.15, 0.2) is 0 Å². The summed E-state index contributed by atoms with van der Waals surface area (Å²) in [6, 6.07) is 0. The van der Waals surface area contributed by atoms with Crippen LogP contribution in [0.1, 0.15) is 58.3 Å². The first-order valence-corrected chi connectivity index (χ1v) is 6.91. The maximum Gasteiger partial charge on any atom is 0.139 e. The summed E-state index contributed by atoms with van der Waals surface area (Å²) < 4.78 is 0. The highest BCUT2D eigenvalue weighted by atomic mass is 16.3. The van der Waals surface area contributed by atoms with Crippen molar-refractivity contribution in [2.45, 2.75) is 64.4 Å². The maximum atomic E-state index is 11.4. The van der Waals surface area contributed by atoms with Gasteiger partial charge in [-0.2, -0.15) is 0 Å². The van der Waals surface area contributed by atoms with E-state index < -0.39 is 6.10 Å². The summed E-state index contributed by atoms with van der Waals surface area (Å²) in [7, 11) is 0. The molecular formula is C15H22O2. The molecule has 0 saturated heterocycles. The molecule has 3 unspecified atom stereocenters. The minimum atomic E-state index is -0.493. The van der Waals surface area contributed by atoms with E-state index in [-0.39, 0.29) is 11.3 Å². The standard InChI is InChI=1S/C15H22O2/c1-2-3-4-6-12(16)8-10-15-9-5-7-13(15)14(17)11-15/h12-13,16H,2-7,9,11H2,1H3. The topological polar surface area (TPSA) is 37.3 Å². The molecule has 1 N–H and O–H groups in total. The van der Waals surface area contributed by atoms with Gasteiger partial charge in [-0.1, -0.05) is 38.0 Å². The van der Waals surface area contributed by atoms with Crippen LogP contribution in [-0.2, 0) is 4.79 Å². The van der Waals surface area contributed by atoms with E-state index in [9.17, 15) is 9.90 Å². The molecule has 0 aliphatic heterocycles. The summed E-state index contributed by atoms with van der Waals surface area (Å²) in [5, 5.41) is 9.77. The lowest BCUT2D eigenvalue weighted by atomic mass is 9.61. The average molecular weight is 234 g/mol. The van der Waals surface area contributed by atoms with Gasteiger partial charge >= 0.3 is 0 Å². The maximum absolute atomic E-state index is 11.4. The van der Waals surface area contributed by atoms with Crippen molar-refractivity contribution in [3.8, 4) is 11.8 Å². The number of ketones is 1. The number of hydrogen-bond acceptors (Lipinski definition) is 2. The lowest BCUT2D eigenvalue weighted by Gasteiger charge is -2.39. The highest BCUT2D eigenvalue weighted by Crippen LogP contribution is 2.54. The van der Waals surface area contributed by atoms with Gasteiger partial charge in [0, 0.05) is 17.8 Å². The van der Waals surface area contributed by atoms with Crippen LogP contribution < -0.4 is 0 Å². The van der Waals surface area contributed by atoms with Crippen molar-refractivity contribution in [2.24, 2.45) is 11.3 Å². The Balaban J connectivity index is 1.86. The molecule has 2 aliphatic rings. The lowest BCUT2D eigenvalue weighted by molar-refractivity contribution is -0.136. The minimum Gasteiger partial charge on any atom is -0.380 e. The molecule has 2 nitrogen and oxygen atoms in total. The Bertz CT molecular complexity index is 350. The molecule has 2 fully saturated rings. The van der Waals surface area contributed by atoms with E-state index in [1.54, 1.807) is 0 Å². The second-order valence-corrected chi connectivity index (χ2v) is 5.52. The smallest absolute Gasteiger partial charge is 0.139 e. The van der Waals surface area contributed by atoms with Crippen LogP contribution in [0.4, 0.5) is 0 Å². The summed E-state index contributed by atoms with van der Waals surface area (Å²) in [6.07, 6.45) is 7.47. The lowest BCUT2D eigenvalue weighted by Crippen LogP contribution is -2.43. The van der Waals surface area contributed by atoms with Gasteiger partial charge in [-0.05, 0) is 25.7 Å². The molecule has 0 heterocycles. The van der Waals surface area contributed by atoms with Gasteiger partial charge in [0.25, 0.3) is 0 Å². The first-order chi connectivity index (χ1) is 8.18. The largest absolute Gasteiger partial charge is 0.380 e. The molecule has 0 radical (unpaired) electrons. The van der Waals surface area contributed by atoms with Crippen molar-refractivity contribution in [1.82, 2.24) is 0 Å². The molecule has 2 heteroatoms. The number of carbonyl (C=O) groups excluding carboxylic acids is 1. The van der Waals surface area contributed by atoms with E-state index in [1.165, 1.54) is 6.42 Å². The van der Waals surface area contributed by atoms with Crippen molar-refractivity contribution >= 4 is 5.78 Å². The molecule has 0 aromatic carbocycles. The second kappa shape index (κ2) is 5.23. The third kappa shape index (κ3) is 2.55. The molecule has 2 rings (SSSR count). The highest BCUT2D eigenvalue weighted by molar-refractivity contribution is 5.90. The van der Waals surface area contributed by atoms with Gasteiger partial charge in [-0.25, -0.2) is 0 Å². The fourth-order valence-corrected chi connectivity index (χ4v) is 3.14. The van der Waals surface area contributed by atoms with Gasteiger partial charge < -0.3 is 5.11 Å². The van der Waals surface area contributed by atoms with Crippen LogP contribution in [0.5, 0.6) is 0 Å². The molecule has 2 saturated carbocycles. The third-order valence-electron chi connectivity index (χ3n) is 4.23. The zero-order chi connectivity index (χ0) is 12.3. The molecule has 0 aromatic heterocycles. The van der Waals surface area contributed by atoms with Crippen LogP contribution in [0.2, 0.25) is 0 Å². The molecular weight excluding hydrogens is 212 g/mol. The van der Waals surface area contributed by atoms with Gasteiger partial charge in [-0.15, -0.1) is 0 Å². The van der Waals surface area contributed by atoms with Crippen LogP contribution in [-0.4, -0.2) is 17.0 Å². The summed E-state index contributed by atoms with van der Waals surface area (Å²) >= 11 is 0. The molecule has 3 atom stereocenters. The van der Waals surface area contributed by atoms with E-state index in [2.05, 4.69) is 18.8 Å². The Morgan fingerprint density at radius 1 is 1.53 bits per heavy atom. The fourth-order valence-electron chi connectivity index (χ4n) is 3.14. The Morgan fingerprint density at radius 3 is 3.06 bits per heavy atom. The predicted molar refractivity (Wildman–Crippen MR) is 67.3 cm³/mol. The average Bonchev–Trinajstić information content (AvgIpc) is 2.64. The number of fused-ring (bicyclic) bond motifs is 1. The summed E-state index contributed by atoms with van der Waals surface area (Å²) in [4.78, 5) is 11.4. The summed E-state index contributed by atoms with van der Waals surface area (Å²) in [5.41, 5.74) is -0.0389. The quantitative estimate of drug-likeness (QED) is 0.600. The summed E-state index contributed by atoms with van der Waals surface area (Å²) in [5.74, 6) is 6.79. The Kier molecular flexibility index (Phi) is 3.89. The van der Waals surface area contributed by atoms with Gasteiger partial charge in [0.2, 0.25) is 0 Å². The van der Waals surface area contributed by atoms with E-state index in [1.807, 2.05) is 0 Å². The van der Waals surface area contributed by atoms with Gasteiger partial charge in [0.05, 0.1) is 0 Å². The Morgan fingerprint density at radius 2 is 2.35 bits per heavy atom. The number of unbranched alkanes of at least 4 members (excludes halogenated alkanes) is 2. The molecule has 0 amide bonds. The van der Waals surface area contributed by atoms with Crippen LogP contribution >= 0.6 is 0 Å². The number of hydrogen-bond donors (Lipinski definition) is 1. The Hall–Kier alpha value is -0.810. The highest BCUT2D eigenvalue weighted by Gasteiger charge is 2.55. The van der Waals surface area contributed by atoms with Gasteiger partial charge in [0.15, 0.2) is 0 Å². The van der Waals surface area contributed by atoms with Crippen LogP contribution in [0.25, 0.3) is 0 Å². The van der Waals surface area contributed by atoms with Crippen molar-refractivity contribution in [3.63, 3.8) is 0 Å². The van der Waals surface area contributed by atoms with Gasteiger partial charge in [-0.3, -0.25) is 4.79 Å². The summed E-state index contributed by atoms with van der Waals surface area (Å²) in [6.45, 7) is 2.15. The SMILES string of the molecule is CCCCCC(O)C#CC12CCCC1C(=O)C2.